The average Bonchev–Trinajstić information content (AvgIpc) is 2.66. The van der Waals surface area contributed by atoms with Crippen LogP contribution in [0, 0.1) is 10.5 Å². The molecular weight excluding hydrogens is 373 g/mol. The number of rotatable bonds is 2. The number of benzene rings is 1. The minimum atomic E-state index is 0.139. The van der Waals surface area contributed by atoms with E-state index in [2.05, 4.69) is 22.6 Å². The van der Waals surface area contributed by atoms with Gasteiger partial charge in [-0.2, -0.15) is 0 Å². The van der Waals surface area contributed by atoms with Gasteiger partial charge in [0.1, 0.15) is 0 Å². The predicted octanol–water partition coefficient (Wildman–Crippen LogP) is 4.22. The summed E-state index contributed by atoms with van der Waals surface area (Å²) in [4.78, 5) is 14.7. The summed E-state index contributed by atoms with van der Waals surface area (Å²) < 4.78 is 1.06. The normalized spacial score (nSPS) is 20.2. The zero-order chi connectivity index (χ0) is 13.8. The molecule has 1 aromatic carbocycles. The molecule has 104 valence electrons. The molecule has 0 spiro atoms. The summed E-state index contributed by atoms with van der Waals surface area (Å²) in [5.74, 6) is 0.675. The van der Waals surface area contributed by atoms with Gasteiger partial charge in [-0.25, -0.2) is 0 Å². The summed E-state index contributed by atoms with van der Waals surface area (Å²) in [7, 11) is 0. The molecule has 0 saturated carbocycles. The Morgan fingerprint density at radius 3 is 2.95 bits per heavy atom. The van der Waals surface area contributed by atoms with Gasteiger partial charge >= 0.3 is 0 Å². The van der Waals surface area contributed by atoms with Crippen LogP contribution >= 0.6 is 34.2 Å². The van der Waals surface area contributed by atoms with E-state index in [9.17, 15) is 4.79 Å². The largest absolute Gasteiger partial charge is 0.334 e. The number of likely N-dealkylation sites (tertiary alicyclic amines) is 1. The molecule has 4 heteroatoms. The zero-order valence-corrected chi connectivity index (χ0v) is 14.1. The Kier molecular flexibility index (Phi) is 5.51. The van der Waals surface area contributed by atoms with E-state index in [1.807, 2.05) is 30.0 Å². The highest BCUT2D eigenvalue weighted by molar-refractivity contribution is 14.1. The lowest BCUT2D eigenvalue weighted by Crippen LogP contribution is -2.41. The summed E-state index contributed by atoms with van der Waals surface area (Å²) in [6, 6.07) is 6.11. The van der Waals surface area contributed by atoms with E-state index in [0.29, 0.717) is 5.88 Å². The Morgan fingerprint density at radius 2 is 2.21 bits per heavy atom. The van der Waals surface area contributed by atoms with Gasteiger partial charge in [0.15, 0.2) is 0 Å². The third-order valence-corrected chi connectivity index (χ3v) is 5.53. The van der Waals surface area contributed by atoms with Gasteiger partial charge in [0.25, 0.3) is 5.91 Å². The maximum absolute atomic E-state index is 12.8. The lowest BCUT2D eigenvalue weighted by atomic mass is 10.1. The van der Waals surface area contributed by atoms with Crippen LogP contribution in [0.15, 0.2) is 18.2 Å². The van der Waals surface area contributed by atoms with E-state index < -0.39 is 0 Å². The number of hydrogen-bond acceptors (Lipinski definition) is 1. The second kappa shape index (κ2) is 6.93. The molecule has 1 aromatic rings. The van der Waals surface area contributed by atoms with E-state index >= 15 is 0 Å². The van der Waals surface area contributed by atoms with Gasteiger partial charge in [-0.3, -0.25) is 4.79 Å². The van der Waals surface area contributed by atoms with Gasteiger partial charge in [-0.15, -0.1) is 11.6 Å². The van der Waals surface area contributed by atoms with Gasteiger partial charge in [0, 0.05) is 22.0 Å². The Hall–Kier alpha value is -0.290. The van der Waals surface area contributed by atoms with E-state index in [0.717, 1.165) is 34.1 Å². The monoisotopic (exact) mass is 391 g/mol. The van der Waals surface area contributed by atoms with E-state index in [1.165, 1.54) is 12.8 Å². The molecule has 1 fully saturated rings. The molecule has 0 bridgehead atoms. The summed E-state index contributed by atoms with van der Waals surface area (Å²) in [5, 5.41) is 0. The summed E-state index contributed by atoms with van der Waals surface area (Å²) in [6.07, 6.45) is 4.48. The first-order valence-electron chi connectivity index (χ1n) is 6.77. The number of halogens is 2. The van der Waals surface area contributed by atoms with Crippen LogP contribution in [0.2, 0.25) is 0 Å². The van der Waals surface area contributed by atoms with Crippen LogP contribution in [0.3, 0.4) is 0 Å². The van der Waals surface area contributed by atoms with Crippen molar-refractivity contribution in [3.05, 3.63) is 32.9 Å². The Labute approximate surface area is 133 Å². The van der Waals surface area contributed by atoms with Crippen LogP contribution in [0.1, 0.15) is 41.6 Å². The fourth-order valence-corrected chi connectivity index (χ4v) is 3.48. The van der Waals surface area contributed by atoms with Crippen molar-refractivity contribution < 1.29 is 4.79 Å². The number of carbonyl (C=O) groups excluding carboxylic acids is 1. The second-order valence-electron chi connectivity index (χ2n) is 5.09. The minimum absolute atomic E-state index is 0.139. The standard InChI is InChI=1S/C15H19ClINO/c1-11-6-5-8-13(14(11)17)15(19)18-9-4-2-3-7-12(18)10-16/h5-6,8,12H,2-4,7,9-10H2,1H3. The first kappa shape index (κ1) is 15.1. The molecule has 1 saturated heterocycles. The molecule has 1 unspecified atom stereocenters. The molecule has 1 heterocycles. The molecular formula is C15H19ClINO. The number of carbonyl (C=O) groups is 1. The van der Waals surface area contributed by atoms with Crippen molar-refractivity contribution >= 4 is 40.1 Å². The third-order valence-electron chi connectivity index (χ3n) is 3.74. The van der Waals surface area contributed by atoms with Crippen LogP contribution in [0.4, 0.5) is 0 Å². The van der Waals surface area contributed by atoms with Gasteiger partial charge in [-0.1, -0.05) is 25.0 Å². The van der Waals surface area contributed by atoms with Crippen molar-refractivity contribution in [2.45, 2.75) is 38.6 Å². The number of aryl methyl sites for hydroxylation is 1. The van der Waals surface area contributed by atoms with Crippen molar-refractivity contribution in [1.82, 2.24) is 4.90 Å². The first-order chi connectivity index (χ1) is 9.15. The summed E-state index contributed by atoms with van der Waals surface area (Å²) in [6.45, 7) is 2.88. The van der Waals surface area contributed by atoms with Crippen molar-refractivity contribution in [3.8, 4) is 0 Å². The predicted molar refractivity (Wildman–Crippen MR) is 87.9 cm³/mol. The van der Waals surface area contributed by atoms with Crippen molar-refractivity contribution in [1.29, 1.82) is 0 Å². The smallest absolute Gasteiger partial charge is 0.255 e. The maximum Gasteiger partial charge on any atom is 0.255 e. The fourth-order valence-electron chi connectivity index (χ4n) is 2.57. The van der Waals surface area contributed by atoms with Crippen molar-refractivity contribution in [3.63, 3.8) is 0 Å². The molecule has 2 rings (SSSR count). The number of hydrogen-bond donors (Lipinski definition) is 0. The molecule has 1 amide bonds. The summed E-state index contributed by atoms with van der Waals surface area (Å²) in [5.41, 5.74) is 1.97. The molecule has 2 nitrogen and oxygen atoms in total. The second-order valence-corrected chi connectivity index (χ2v) is 6.48. The quantitative estimate of drug-likeness (QED) is 0.546. The highest BCUT2D eigenvalue weighted by atomic mass is 127. The molecule has 0 N–H and O–H groups in total. The lowest BCUT2D eigenvalue weighted by molar-refractivity contribution is 0.0699. The van der Waals surface area contributed by atoms with Crippen LogP contribution in [0.5, 0.6) is 0 Å². The number of alkyl halides is 1. The zero-order valence-electron chi connectivity index (χ0n) is 11.2. The first-order valence-corrected chi connectivity index (χ1v) is 8.38. The van der Waals surface area contributed by atoms with Gasteiger partial charge < -0.3 is 4.90 Å². The van der Waals surface area contributed by atoms with Crippen LogP contribution < -0.4 is 0 Å². The van der Waals surface area contributed by atoms with Gasteiger partial charge in [0.05, 0.1) is 5.56 Å². The third kappa shape index (κ3) is 3.43. The molecule has 1 aliphatic heterocycles. The summed E-state index contributed by atoms with van der Waals surface area (Å²) >= 11 is 8.32. The molecule has 19 heavy (non-hydrogen) atoms. The molecule has 0 radical (unpaired) electrons. The highest BCUT2D eigenvalue weighted by Gasteiger charge is 2.26. The van der Waals surface area contributed by atoms with Gasteiger partial charge in [-0.05, 0) is 54.0 Å². The molecule has 0 aromatic heterocycles. The fraction of sp³-hybridized carbons (Fsp3) is 0.533. The number of nitrogens with zero attached hydrogens (tertiary/aromatic N) is 1. The van der Waals surface area contributed by atoms with Gasteiger partial charge in [0.2, 0.25) is 0 Å². The molecule has 1 aliphatic rings. The van der Waals surface area contributed by atoms with E-state index in [-0.39, 0.29) is 11.9 Å². The SMILES string of the molecule is Cc1cccc(C(=O)N2CCCCCC2CCl)c1I. The number of amides is 1. The topological polar surface area (TPSA) is 20.3 Å². The Bertz CT molecular complexity index is 463. The molecule has 0 aliphatic carbocycles. The van der Waals surface area contributed by atoms with Crippen LogP contribution in [-0.2, 0) is 0 Å². The van der Waals surface area contributed by atoms with E-state index in [4.69, 9.17) is 11.6 Å². The lowest BCUT2D eigenvalue weighted by Gasteiger charge is -2.29. The maximum atomic E-state index is 12.8. The highest BCUT2D eigenvalue weighted by Crippen LogP contribution is 2.23. The van der Waals surface area contributed by atoms with Crippen LogP contribution in [-0.4, -0.2) is 29.3 Å². The minimum Gasteiger partial charge on any atom is -0.334 e. The Morgan fingerprint density at radius 1 is 1.42 bits per heavy atom. The van der Waals surface area contributed by atoms with E-state index in [1.54, 1.807) is 0 Å². The van der Waals surface area contributed by atoms with Crippen molar-refractivity contribution in [2.75, 3.05) is 12.4 Å². The molecule has 1 atom stereocenters. The van der Waals surface area contributed by atoms with Crippen LogP contribution in [0.25, 0.3) is 0 Å². The Balaban J connectivity index is 2.28. The van der Waals surface area contributed by atoms with Crippen molar-refractivity contribution in [2.24, 2.45) is 0 Å². The average molecular weight is 392 g/mol.